The number of ether oxygens (including phenoxy) is 2. The van der Waals surface area contributed by atoms with E-state index >= 15 is 0 Å². The van der Waals surface area contributed by atoms with Crippen LogP contribution in [0.1, 0.15) is 19.8 Å². The molecular weight excluding hydrogens is 274 g/mol. The summed E-state index contributed by atoms with van der Waals surface area (Å²) in [5.74, 6) is -0.0687. The maximum atomic E-state index is 11.9. The lowest BCUT2D eigenvalue weighted by atomic mass is 10.0. The molecule has 0 aromatic heterocycles. The molecule has 0 aromatic carbocycles. The normalized spacial score (nSPS) is 21.7. The number of piperidine rings is 1. The lowest BCUT2D eigenvalue weighted by molar-refractivity contribution is -0.138. The minimum atomic E-state index is -0.201. The van der Waals surface area contributed by atoms with Crippen molar-refractivity contribution in [1.29, 1.82) is 0 Å². The Kier molecular flexibility index (Phi) is 5.55. The van der Waals surface area contributed by atoms with Gasteiger partial charge in [0.25, 0.3) is 0 Å². The Hall–Kier alpha value is -1.18. The van der Waals surface area contributed by atoms with Gasteiger partial charge in [0.1, 0.15) is 13.2 Å². The Morgan fingerprint density at radius 3 is 2.48 bits per heavy atom. The van der Waals surface area contributed by atoms with E-state index in [1.54, 1.807) is 4.90 Å². The number of likely N-dealkylation sites (tertiary alicyclic amines) is 1. The molecular formula is C14H25N3O4. The monoisotopic (exact) mass is 299 g/mol. The second kappa shape index (κ2) is 7.20. The highest BCUT2D eigenvalue weighted by atomic mass is 16.5. The molecule has 7 heteroatoms. The lowest BCUT2D eigenvalue weighted by Gasteiger charge is -2.39. The summed E-state index contributed by atoms with van der Waals surface area (Å²) < 4.78 is 10.5. The summed E-state index contributed by atoms with van der Waals surface area (Å²) in [6.07, 6.45) is 1.56. The van der Waals surface area contributed by atoms with E-state index in [4.69, 9.17) is 9.47 Å². The van der Waals surface area contributed by atoms with Crippen LogP contribution < -0.4 is 10.6 Å². The van der Waals surface area contributed by atoms with Crippen molar-refractivity contribution in [2.45, 2.75) is 31.4 Å². The molecule has 2 saturated heterocycles. The third-order valence-electron chi connectivity index (χ3n) is 4.03. The van der Waals surface area contributed by atoms with Gasteiger partial charge in [-0.25, -0.2) is 0 Å². The second-order valence-corrected chi connectivity index (χ2v) is 6.00. The highest BCUT2D eigenvalue weighted by Crippen LogP contribution is 2.15. The van der Waals surface area contributed by atoms with Crippen LogP contribution in [0.25, 0.3) is 0 Å². The van der Waals surface area contributed by atoms with E-state index in [1.807, 2.05) is 6.92 Å². The molecule has 7 nitrogen and oxygen atoms in total. The zero-order chi connectivity index (χ0) is 15.3. The van der Waals surface area contributed by atoms with Crippen molar-refractivity contribution < 1.29 is 19.1 Å². The molecule has 2 heterocycles. The van der Waals surface area contributed by atoms with Crippen LogP contribution in [0.5, 0.6) is 0 Å². The molecule has 0 spiro atoms. The first-order valence-electron chi connectivity index (χ1n) is 7.43. The van der Waals surface area contributed by atoms with Crippen molar-refractivity contribution in [3.63, 3.8) is 0 Å². The summed E-state index contributed by atoms with van der Waals surface area (Å²) in [4.78, 5) is 25.3. The van der Waals surface area contributed by atoms with Crippen LogP contribution in [-0.4, -0.2) is 74.9 Å². The summed E-state index contributed by atoms with van der Waals surface area (Å²) in [7, 11) is 1.52. The molecule has 2 amide bonds. The van der Waals surface area contributed by atoms with Gasteiger partial charge in [-0.2, -0.15) is 0 Å². The standard InChI is InChI=1S/C14H25N3O4/c1-14(9-15-10-14)21-7-12(18)16-11-3-5-17(6-4-11)13(19)8-20-2/h11,15H,3-10H2,1-2H3,(H,16,18). The van der Waals surface area contributed by atoms with Crippen LogP contribution in [-0.2, 0) is 19.1 Å². The van der Waals surface area contributed by atoms with E-state index in [2.05, 4.69) is 10.6 Å². The van der Waals surface area contributed by atoms with Gasteiger partial charge in [-0.15, -0.1) is 0 Å². The van der Waals surface area contributed by atoms with Crippen LogP contribution in [0.3, 0.4) is 0 Å². The maximum absolute atomic E-state index is 11.9. The lowest BCUT2D eigenvalue weighted by Crippen LogP contribution is -2.60. The second-order valence-electron chi connectivity index (χ2n) is 6.00. The quantitative estimate of drug-likeness (QED) is 0.666. The highest BCUT2D eigenvalue weighted by Gasteiger charge is 2.33. The molecule has 0 saturated carbocycles. The van der Waals surface area contributed by atoms with Crippen LogP contribution in [0.4, 0.5) is 0 Å². The molecule has 2 rings (SSSR count). The van der Waals surface area contributed by atoms with Gasteiger partial charge in [0, 0.05) is 39.3 Å². The van der Waals surface area contributed by atoms with Gasteiger partial charge in [0.2, 0.25) is 11.8 Å². The topological polar surface area (TPSA) is 79.9 Å². The number of hydrogen-bond donors (Lipinski definition) is 2. The predicted octanol–water partition coefficient (Wildman–Crippen LogP) is -0.881. The third-order valence-corrected chi connectivity index (χ3v) is 4.03. The van der Waals surface area contributed by atoms with E-state index in [1.165, 1.54) is 7.11 Å². The van der Waals surface area contributed by atoms with E-state index in [9.17, 15) is 9.59 Å². The first-order valence-corrected chi connectivity index (χ1v) is 7.43. The van der Waals surface area contributed by atoms with Crippen molar-refractivity contribution in [3.05, 3.63) is 0 Å². The van der Waals surface area contributed by atoms with E-state index in [-0.39, 0.29) is 36.7 Å². The summed E-state index contributed by atoms with van der Waals surface area (Å²) >= 11 is 0. The first-order chi connectivity index (χ1) is 10.0. The number of nitrogens with one attached hydrogen (secondary N) is 2. The summed E-state index contributed by atoms with van der Waals surface area (Å²) in [5.41, 5.74) is -0.201. The first kappa shape index (κ1) is 16.2. The third kappa shape index (κ3) is 4.66. The molecule has 120 valence electrons. The zero-order valence-corrected chi connectivity index (χ0v) is 12.8. The van der Waals surface area contributed by atoms with Crippen LogP contribution in [0.15, 0.2) is 0 Å². The molecule has 2 N–H and O–H groups in total. The van der Waals surface area contributed by atoms with Gasteiger partial charge < -0.3 is 25.0 Å². The van der Waals surface area contributed by atoms with Gasteiger partial charge in [-0.05, 0) is 19.8 Å². The smallest absolute Gasteiger partial charge is 0.248 e. The molecule has 2 aliphatic heterocycles. The number of nitrogens with zero attached hydrogens (tertiary/aromatic N) is 1. The zero-order valence-electron chi connectivity index (χ0n) is 12.8. The van der Waals surface area contributed by atoms with Crippen molar-refractivity contribution >= 4 is 11.8 Å². The van der Waals surface area contributed by atoms with E-state index in [0.717, 1.165) is 25.9 Å². The van der Waals surface area contributed by atoms with Gasteiger partial charge >= 0.3 is 0 Å². The Bertz CT molecular complexity index is 376. The Morgan fingerprint density at radius 2 is 1.95 bits per heavy atom. The molecule has 0 bridgehead atoms. The molecule has 21 heavy (non-hydrogen) atoms. The number of hydrogen-bond acceptors (Lipinski definition) is 5. The Balaban J connectivity index is 1.63. The van der Waals surface area contributed by atoms with Crippen LogP contribution in [0, 0.1) is 0 Å². The Morgan fingerprint density at radius 1 is 1.29 bits per heavy atom. The average Bonchev–Trinajstić information content (AvgIpc) is 2.44. The predicted molar refractivity (Wildman–Crippen MR) is 76.8 cm³/mol. The van der Waals surface area contributed by atoms with Gasteiger partial charge in [-0.1, -0.05) is 0 Å². The van der Waals surface area contributed by atoms with Crippen molar-refractivity contribution in [3.8, 4) is 0 Å². The number of rotatable bonds is 6. The minimum Gasteiger partial charge on any atom is -0.375 e. The van der Waals surface area contributed by atoms with Crippen LogP contribution >= 0.6 is 0 Å². The minimum absolute atomic E-state index is 0.0102. The fourth-order valence-electron chi connectivity index (χ4n) is 2.58. The molecule has 0 radical (unpaired) electrons. The number of amides is 2. The SMILES string of the molecule is COCC(=O)N1CCC(NC(=O)COC2(C)CNC2)CC1. The molecule has 0 atom stereocenters. The fourth-order valence-corrected chi connectivity index (χ4v) is 2.58. The number of carbonyl (C=O) groups is 2. The van der Waals surface area contributed by atoms with Crippen LogP contribution in [0.2, 0.25) is 0 Å². The summed E-state index contributed by atoms with van der Waals surface area (Å²) in [6.45, 7) is 5.13. The number of carbonyl (C=O) groups excluding carboxylic acids is 2. The van der Waals surface area contributed by atoms with Gasteiger partial charge in [-0.3, -0.25) is 9.59 Å². The maximum Gasteiger partial charge on any atom is 0.248 e. The molecule has 2 aliphatic rings. The summed E-state index contributed by atoms with van der Waals surface area (Å²) in [6, 6.07) is 0.125. The fraction of sp³-hybridized carbons (Fsp3) is 0.857. The van der Waals surface area contributed by atoms with E-state index in [0.29, 0.717) is 13.1 Å². The average molecular weight is 299 g/mol. The van der Waals surface area contributed by atoms with Crippen molar-refractivity contribution in [2.75, 3.05) is 46.5 Å². The molecule has 0 aliphatic carbocycles. The Labute approximate surface area is 125 Å². The van der Waals surface area contributed by atoms with Gasteiger partial charge in [0.15, 0.2) is 0 Å². The van der Waals surface area contributed by atoms with Crippen molar-refractivity contribution in [2.24, 2.45) is 0 Å². The molecule has 0 unspecified atom stereocenters. The summed E-state index contributed by atoms with van der Waals surface area (Å²) in [5, 5.41) is 6.11. The van der Waals surface area contributed by atoms with Crippen molar-refractivity contribution in [1.82, 2.24) is 15.5 Å². The largest absolute Gasteiger partial charge is 0.375 e. The number of methoxy groups -OCH3 is 1. The molecule has 2 fully saturated rings. The highest BCUT2D eigenvalue weighted by molar-refractivity contribution is 5.78. The van der Waals surface area contributed by atoms with E-state index < -0.39 is 0 Å². The molecule has 0 aromatic rings. The van der Waals surface area contributed by atoms with Gasteiger partial charge in [0.05, 0.1) is 5.60 Å².